The Bertz CT molecular complexity index is 1460. The maximum Gasteiger partial charge on any atom is 0.416 e. The Morgan fingerprint density at radius 3 is 2.14 bits per heavy atom. The van der Waals surface area contributed by atoms with Gasteiger partial charge in [0.2, 0.25) is 15.9 Å². The third kappa shape index (κ3) is 6.77. The van der Waals surface area contributed by atoms with Crippen molar-refractivity contribution in [3.63, 3.8) is 0 Å². The minimum absolute atomic E-state index is 0.0352. The van der Waals surface area contributed by atoms with Gasteiger partial charge in [0.15, 0.2) is 0 Å². The molecule has 0 atom stereocenters. The molecule has 0 bridgehead atoms. The number of anilines is 2. The van der Waals surface area contributed by atoms with Crippen molar-refractivity contribution in [1.29, 1.82) is 0 Å². The number of nitrogens with one attached hydrogen (secondary N) is 3. The van der Waals surface area contributed by atoms with Crippen LogP contribution in [0.4, 0.5) is 28.9 Å². The normalized spacial score (nSPS) is 12.2. The molecule has 0 aliphatic heterocycles. The molecule has 8 nitrogen and oxygen atoms in total. The summed E-state index contributed by atoms with van der Waals surface area (Å²) in [5.41, 5.74) is -1.40. The second kappa shape index (κ2) is 10.0. The Hall–Kier alpha value is -3.49. The highest BCUT2D eigenvalue weighted by Crippen LogP contribution is 2.31. The van der Waals surface area contributed by atoms with Crippen LogP contribution < -0.4 is 14.8 Å². The predicted octanol–water partition coefficient (Wildman–Crippen LogP) is 3.56. The Balaban J connectivity index is 1.69. The summed E-state index contributed by atoms with van der Waals surface area (Å²) in [5.74, 6) is -1.89. The van der Waals surface area contributed by atoms with Crippen molar-refractivity contribution in [2.24, 2.45) is 0 Å². The topological polar surface area (TPSA) is 121 Å². The zero-order chi connectivity index (χ0) is 25.9. The number of amides is 1. The first-order valence-electron chi connectivity index (χ1n) is 9.62. The number of sulfonamides is 2. The Morgan fingerprint density at radius 2 is 1.46 bits per heavy atom. The molecule has 186 valence electrons. The Morgan fingerprint density at radius 1 is 0.800 bits per heavy atom. The highest BCUT2D eigenvalue weighted by molar-refractivity contribution is 7.92. The van der Waals surface area contributed by atoms with Crippen LogP contribution in [0.1, 0.15) is 5.56 Å². The van der Waals surface area contributed by atoms with Gasteiger partial charge in [0, 0.05) is 11.4 Å². The lowest BCUT2D eigenvalue weighted by atomic mass is 10.2. The lowest BCUT2D eigenvalue weighted by molar-refractivity contribution is -0.137. The number of carbonyl (C=O) groups excluding carboxylic acids is 1. The molecule has 14 heteroatoms. The lowest BCUT2D eigenvalue weighted by Crippen LogP contribution is -2.33. The molecule has 0 aliphatic rings. The van der Waals surface area contributed by atoms with Crippen molar-refractivity contribution >= 4 is 37.3 Å². The molecule has 3 N–H and O–H groups in total. The van der Waals surface area contributed by atoms with Gasteiger partial charge in [-0.1, -0.05) is 24.3 Å². The summed E-state index contributed by atoms with van der Waals surface area (Å²) < 4.78 is 106. The number of rotatable bonds is 8. The molecule has 0 saturated heterocycles. The molecule has 0 saturated carbocycles. The highest BCUT2D eigenvalue weighted by atomic mass is 32.2. The average Bonchev–Trinajstić information content (AvgIpc) is 2.77. The number of benzene rings is 3. The summed E-state index contributed by atoms with van der Waals surface area (Å²) in [7, 11) is -8.66. The van der Waals surface area contributed by atoms with E-state index < -0.39 is 55.0 Å². The van der Waals surface area contributed by atoms with E-state index in [4.69, 9.17) is 0 Å². The first-order chi connectivity index (χ1) is 16.3. The lowest BCUT2D eigenvalue weighted by Gasteiger charge is -2.12. The molecule has 0 fully saturated rings. The van der Waals surface area contributed by atoms with Gasteiger partial charge in [-0.25, -0.2) is 25.9 Å². The third-order valence-corrected chi connectivity index (χ3v) is 7.23. The second-order valence-electron chi connectivity index (χ2n) is 7.02. The quantitative estimate of drug-likeness (QED) is 0.384. The molecular formula is C21H17F4N3O5S2. The standard InChI is InChI=1S/C21H17F4N3O5S2/c22-18-9-1-2-10-19(18)35(32,33)26-13-20(29)27-15-6-4-8-17(12-15)34(30,31)28-16-7-3-5-14(11-16)21(23,24)25/h1-12,26,28H,13H2,(H,27,29). The van der Waals surface area contributed by atoms with Gasteiger partial charge < -0.3 is 5.32 Å². The Labute approximate surface area is 198 Å². The van der Waals surface area contributed by atoms with Crippen LogP contribution in [-0.4, -0.2) is 29.3 Å². The van der Waals surface area contributed by atoms with Crippen LogP contribution in [0.5, 0.6) is 0 Å². The van der Waals surface area contributed by atoms with E-state index in [1.807, 2.05) is 9.44 Å². The fraction of sp³-hybridized carbons (Fsp3) is 0.0952. The fourth-order valence-electron chi connectivity index (χ4n) is 2.82. The largest absolute Gasteiger partial charge is 0.416 e. The van der Waals surface area contributed by atoms with Crippen LogP contribution in [0.2, 0.25) is 0 Å². The van der Waals surface area contributed by atoms with Gasteiger partial charge in [0.05, 0.1) is 17.0 Å². The van der Waals surface area contributed by atoms with Gasteiger partial charge in [-0.05, 0) is 48.5 Å². The van der Waals surface area contributed by atoms with Gasteiger partial charge in [0.1, 0.15) is 10.7 Å². The molecule has 3 rings (SSSR count). The molecular weight excluding hydrogens is 514 g/mol. The van der Waals surface area contributed by atoms with Crippen LogP contribution in [0.3, 0.4) is 0 Å². The van der Waals surface area contributed by atoms with Crippen molar-refractivity contribution < 1.29 is 39.2 Å². The van der Waals surface area contributed by atoms with Crippen LogP contribution in [0.25, 0.3) is 0 Å². The molecule has 0 aliphatic carbocycles. The van der Waals surface area contributed by atoms with E-state index in [9.17, 15) is 39.2 Å². The first kappa shape index (κ1) is 26.1. The number of hydrogen-bond donors (Lipinski definition) is 3. The van der Waals surface area contributed by atoms with E-state index in [0.29, 0.717) is 6.07 Å². The number of hydrogen-bond acceptors (Lipinski definition) is 5. The third-order valence-electron chi connectivity index (χ3n) is 4.42. The first-order valence-corrected chi connectivity index (χ1v) is 12.6. The number of alkyl halides is 3. The van der Waals surface area contributed by atoms with Crippen molar-refractivity contribution in [1.82, 2.24) is 4.72 Å². The highest BCUT2D eigenvalue weighted by Gasteiger charge is 2.30. The van der Waals surface area contributed by atoms with Crippen molar-refractivity contribution in [3.8, 4) is 0 Å². The smallest absolute Gasteiger partial charge is 0.325 e. The van der Waals surface area contributed by atoms with Gasteiger partial charge in [-0.2, -0.15) is 13.2 Å². The van der Waals surface area contributed by atoms with Crippen LogP contribution in [0, 0.1) is 5.82 Å². The molecule has 0 radical (unpaired) electrons. The van der Waals surface area contributed by atoms with E-state index in [1.54, 1.807) is 0 Å². The molecule has 1 amide bonds. The van der Waals surface area contributed by atoms with Crippen molar-refractivity contribution in [2.45, 2.75) is 16.0 Å². The number of halogens is 4. The molecule has 35 heavy (non-hydrogen) atoms. The average molecular weight is 532 g/mol. The van der Waals surface area contributed by atoms with Gasteiger partial charge >= 0.3 is 6.18 Å². The fourth-order valence-corrected chi connectivity index (χ4v) is 4.97. The molecule has 0 aromatic heterocycles. The molecule has 3 aromatic rings. The summed E-state index contributed by atoms with van der Waals surface area (Å²) in [6.45, 7) is -0.782. The molecule has 3 aromatic carbocycles. The summed E-state index contributed by atoms with van der Waals surface area (Å²) in [4.78, 5) is 11.1. The maximum absolute atomic E-state index is 13.7. The van der Waals surface area contributed by atoms with E-state index in [0.717, 1.165) is 42.5 Å². The van der Waals surface area contributed by atoms with Crippen LogP contribution >= 0.6 is 0 Å². The molecule has 0 unspecified atom stereocenters. The molecule has 0 heterocycles. The monoisotopic (exact) mass is 531 g/mol. The van der Waals surface area contributed by atoms with Crippen LogP contribution in [0.15, 0.2) is 82.6 Å². The van der Waals surface area contributed by atoms with Gasteiger partial charge in [-0.3, -0.25) is 9.52 Å². The minimum atomic E-state index is -4.67. The SMILES string of the molecule is O=C(CNS(=O)(=O)c1ccccc1F)Nc1cccc(S(=O)(=O)Nc2cccc(C(F)(F)F)c2)c1. The van der Waals surface area contributed by atoms with Crippen LogP contribution in [-0.2, 0) is 31.0 Å². The maximum atomic E-state index is 13.7. The summed E-state index contributed by atoms with van der Waals surface area (Å²) in [6, 6.07) is 12.9. The minimum Gasteiger partial charge on any atom is -0.325 e. The van der Waals surface area contributed by atoms with Crippen molar-refractivity contribution in [3.05, 3.63) is 84.2 Å². The zero-order valence-corrected chi connectivity index (χ0v) is 19.1. The zero-order valence-electron chi connectivity index (χ0n) is 17.5. The summed E-state index contributed by atoms with van der Waals surface area (Å²) in [6.07, 6.45) is -4.67. The van der Waals surface area contributed by atoms with E-state index in [1.165, 1.54) is 24.3 Å². The van der Waals surface area contributed by atoms with Gasteiger partial charge in [0.25, 0.3) is 10.0 Å². The second-order valence-corrected chi connectivity index (χ2v) is 10.4. The van der Waals surface area contributed by atoms with E-state index in [2.05, 4.69) is 5.32 Å². The summed E-state index contributed by atoms with van der Waals surface area (Å²) >= 11 is 0. The Kier molecular flexibility index (Phi) is 7.47. The number of carbonyl (C=O) groups is 1. The van der Waals surface area contributed by atoms with Crippen molar-refractivity contribution in [2.75, 3.05) is 16.6 Å². The van der Waals surface area contributed by atoms with E-state index in [-0.39, 0.29) is 16.3 Å². The summed E-state index contributed by atoms with van der Waals surface area (Å²) in [5, 5.41) is 2.29. The predicted molar refractivity (Wildman–Crippen MR) is 119 cm³/mol. The van der Waals surface area contributed by atoms with E-state index >= 15 is 0 Å². The molecule has 0 spiro atoms. The van der Waals surface area contributed by atoms with Gasteiger partial charge in [-0.15, -0.1) is 0 Å².